The summed E-state index contributed by atoms with van der Waals surface area (Å²) >= 11 is 5.83. The molecule has 0 aliphatic carbocycles. The van der Waals surface area contributed by atoms with Gasteiger partial charge in [-0.1, -0.05) is 23.7 Å². The molecule has 126 valence electrons. The van der Waals surface area contributed by atoms with E-state index >= 15 is 0 Å². The number of ether oxygens (including phenoxy) is 3. The Balaban J connectivity index is 2.15. The highest BCUT2D eigenvalue weighted by molar-refractivity contribution is 6.30. The van der Waals surface area contributed by atoms with E-state index in [1.54, 1.807) is 30.3 Å². The van der Waals surface area contributed by atoms with Crippen molar-refractivity contribution in [3.63, 3.8) is 0 Å². The number of rotatable bonds is 6. The molecule has 0 aliphatic heterocycles. The molecule has 1 N–H and O–H groups in total. The fourth-order valence-corrected chi connectivity index (χ4v) is 2.21. The minimum Gasteiger partial charge on any atom is -0.493 e. The maximum atomic E-state index is 12.1. The first-order chi connectivity index (χ1) is 11.6. The summed E-state index contributed by atoms with van der Waals surface area (Å²) in [5.74, 6) is 1.12. The summed E-state index contributed by atoms with van der Waals surface area (Å²) in [5.41, 5.74) is 1.41. The zero-order valence-corrected chi connectivity index (χ0v) is 14.4. The highest BCUT2D eigenvalue weighted by Gasteiger charge is 2.13. The van der Waals surface area contributed by atoms with E-state index in [4.69, 9.17) is 25.8 Å². The number of carbonyl (C=O) groups excluding carboxylic acids is 1. The number of halogens is 1. The molecule has 0 saturated carbocycles. The van der Waals surface area contributed by atoms with E-state index in [9.17, 15) is 4.79 Å². The Bertz CT molecular complexity index is 716. The number of benzene rings is 2. The normalized spacial score (nSPS) is 10.5. The van der Waals surface area contributed by atoms with E-state index < -0.39 is 0 Å². The second-order valence-electron chi connectivity index (χ2n) is 4.79. The molecule has 0 saturated heterocycles. The van der Waals surface area contributed by atoms with E-state index in [1.807, 2.05) is 12.1 Å². The summed E-state index contributed by atoms with van der Waals surface area (Å²) in [4.78, 5) is 12.1. The zero-order valence-electron chi connectivity index (χ0n) is 13.6. The standard InChI is InChI=1S/C18H18ClNO4/c1-22-15-10-14(11-16(23-2)18(15)24-3)20-17(21)9-6-12-4-7-13(19)8-5-12/h4-11H,1-3H3,(H,20,21)/b9-6+. The van der Waals surface area contributed by atoms with Crippen LogP contribution in [0.5, 0.6) is 17.2 Å². The van der Waals surface area contributed by atoms with Gasteiger partial charge in [-0.15, -0.1) is 0 Å². The zero-order chi connectivity index (χ0) is 17.5. The lowest BCUT2D eigenvalue weighted by atomic mass is 10.2. The van der Waals surface area contributed by atoms with Crippen LogP contribution in [-0.2, 0) is 4.79 Å². The van der Waals surface area contributed by atoms with E-state index in [0.717, 1.165) is 5.56 Å². The third kappa shape index (κ3) is 4.43. The van der Waals surface area contributed by atoms with Gasteiger partial charge < -0.3 is 19.5 Å². The van der Waals surface area contributed by atoms with Gasteiger partial charge in [0.05, 0.1) is 21.3 Å². The predicted octanol–water partition coefficient (Wildman–Crippen LogP) is 4.02. The Morgan fingerprint density at radius 3 is 2.08 bits per heavy atom. The fourth-order valence-electron chi connectivity index (χ4n) is 2.08. The van der Waals surface area contributed by atoms with Gasteiger partial charge in [0, 0.05) is 28.9 Å². The van der Waals surface area contributed by atoms with Crippen LogP contribution in [0.4, 0.5) is 5.69 Å². The first-order valence-electron chi connectivity index (χ1n) is 7.12. The molecule has 5 nitrogen and oxygen atoms in total. The third-order valence-corrected chi connectivity index (χ3v) is 3.48. The maximum absolute atomic E-state index is 12.1. The monoisotopic (exact) mass is 347 g/mol. The molecule has 2 rings (SSSR count). The minimum absolute atomic E-state index is 0.278. The highest BCUT2D eigenvalue weighted by Crippen LogP contribution is 2.39. The molecule has 0 aromatic heterocycles. The van der Waals surface area contributed by atoms with Crippen LogP contribution in [0.2, 0.25) is 5.02 Å². The van der Waals surface area contributed by atoms with Crippen molar-refractivity contribution < 1.29 is 19.0 Å². The van der Waals surface area contributed by atoms with Gasteiger partial charge >= 0.3 is 0 Å². The van der Waals surface area contributed by atoms with Crippen molar-refractivity contribution in [2.75, 3.05) is 26.6 Å². The van der Waals surface area contributed by atoms with Crippen LogP contribution in [0.3, 0.4) is 0 Å². The summed E-state index contributed by atoms with van der Waals surface area (Å²) in [6.45, 7) is 0. The highest BCUT2D eigenvalue weighted by atomic mass is 35.5. The molecule has 0 heterocycles. The second-order valence-corrected chi connectivity index (χ2v) is 5.22. The topological polar surface area (TPSA) is 56.8 Å². The number of amides is 1. The van der Waals surface area contributed by atoms with Crippen molar-refractivity contribution in [3.05, 3.63) is 53.1 Å². The summed E-state index contributed by atoms with van der Waals surface area (Å²) in [6.07, 6.45) is 3.13. The van der Waals surface area contributed by atoms with Crippen LogP contribution in [0, 0.1) is 0 Å². The first-order valence-corrected chi connectivity index (χ1v) is 7.49. The lowest BCUT2D eigenvalue weighted by molar-refractivity contribution is -0.111. The molecular formula is C18H18ClNO4. The quantitative estimate of drug-likeness (QED) is 0.802. The fraction of sp³-hybridized carbons (Fsp3) is 0.167. The van der Waals surface area contributed by atoms with Crippen molar-refractivity contribution >= 4 is 29.3 Å². The Labute approximate surface area is 145 Å². The van der Waals surface area contributed by atoms with Gasteiger partial charge in [0.1, 0.15) is 0 Å². The summed E-state index contributed by atoms with van der Waals surface area (Å²) in [5, 5.41) is 3.40. The SMILES string of the molecule is COc1cc(NC(=O)/C=C/c2ccc(Cl)cc2)cc(OC)c1OC. The minimum atomic E-state index is -0.278. The Morgan fingerprint density at radius 1 is 1.00 bits per heavy atom. The number of anilines is 1. The number of hydrogen-bond donors (Lipinski definition) is 1. The van der Waals surface area contributed by atoms with Gasteiger partial charge in [0.25, 0.3) is 0 Å². The smallest absolute Gasteiger partial charge is 0.248 e. The van der Waals surface area contributed by atoms with E-state index in [1.165, 1.54) is 27.4 Å². The lowest BCUT2D eigenvalue weighted by Gasteiger charge is -2.14. The van der Waals surface area contributed by atoms with E-state index in [2.05, 4.69) is 5.32 Å². The molecule has 2 aromatic rings. The van der Waals surface area contributed by atoms with Crippen molar-refractivity contribution in [1.29, 1.82) is 0 Å². The van der Waals surface area contributed by atoms with Crippen LogP contribution in [-0.4, -0.2) is 27.2 Å². The Hall–Kier alpha value is -2.66. The van der Waals surface area contributed by atoms with Crippen molar-refractivity contribution in [2.45, 2.75) is 0 Å². The van der Waals surface area contributed by atoms with Crippen LogP contribution in [0.1, 0.15) is 5.56 Å². The van der Waals surface area contributed by atoms with Crippen LogP contribution < -0.4 is 19.5 Å². The number of hydrogen-bond acceptors (Lipinski definition) is 4. The molecule has 0 radical (unpaired) electrons. The summed E-state index contributed by atoms with van der Waals surface area (Å²) in [6, 6.07) is 10.5. The molecule has 0 fully saturated rings. The molecule has 0 spiro atoms. The molecule has 24 heavy (non-hydrogen) atoms. The van der Waals surface area contributed by atoms with Gasteiger partial charge in [0.2, 0.25) is 11.7 Å². The van der Waals surface area contributed by atoms with Crippen molar-refractivity contribution in [3.8, 4) is 17.2 Å². The van der Waals surface area contributed by atoms with Gasteiger partial charge in [-0.25, -0.2) is 0 Å². The van der Waals surface area contributed by atoms with Crippen LogP contribution in [0.25, 0.3) is 6.08 Å². The lowest BCUT2D eigenvalue weighted by Crippen LogP contribution is -2.08. The average molecular weight is 348 g/mol. The number of methoxy groups -OCH3 is 3. The first kappa shape index (κ1) is 17.7. The van der Waals surface area contributed by atoms with Gasteiger partial charge in [0.15, 0.2) is 11.5 Å². The van der Waals surface area contributed by atoms with Crippen molar-refractivity contribution in [1.82, 2.24) is 0 Å². The van der Waals surface area contributed by atoms with E-state index in [0.29, 0.717) is 28.0 Å². The summed E-state index contributed by atoms with van der Waals surface area (Å²) < 4.78 is 15.8. The third-order valence-electron chi connectivity index (χ3n) is 3.23. The molecule has 0 unspecified atom stereocenters. The molecule has 0 atom stereocenters. The van der Waals surface area contributed by atoms with Crippen LogP contribution in [0.15, 0.2) is 42.5 Å². The number of nitrogens with one attached hydrogen (secondary N) is 1. The molecule has 2 aromatic carbocycles. The van der Waals surface area contributed by atoms with Gasteiger partial charge in [-0.2, -0.15) is 0 Å². The molecular weight excluding hydrogens is 330 g/mol. The second kappa shape index (κ2) is 8.26. The molecule has 6 heteroatoms. The summed E-state index contributed by atoms with van der Waals surface area (Å²) in [7, 11) is 4.56. The Kier molecular flexibility index (Phi) is 6.09. The largest absolute Gasteiger partial charge is 0.493 e. The molecule has 0 bridgehead atoms. The average Bonchev–Trinajstić information content (AvgIpc) is 2.60. The van der Waals surface area contributed by atoms with Crippen LogP contribution >= 0.6 is 11.6 Å². The number of carbonyl (C=O) groups is 1. The van der Waals surface area contributed by atoms with Gasteiger partial charge in [-0.05, 0) is 23.8 Å². The maximum Gasteiger partial charge on any atom is 0.248 e. The predicted molar refractivity (Wildman–Crippen MR) is 95.2 cm³/mol. The van der Waals surface area contributed by atoms with E-state index in [-0.39, 0.29) is 5.91 Å². The van der Waals surface area contributed by atoms with Crippen molar-refractivity contribution in [2.24, 2.45) is 0 Å². The molecule has 0 aliphatic rings. The van der Waals surface area contributed by atoms with Gasteiger partial charge in [-0.3, -0.25) is 4.79 Å². The molecule has 1 amide bonds. The Morgan fingerprint density at radius 2 is 1.58 bits per heavy atom.